The van der Waals surface area contributed by atoms with Crippen LogP contribution >= 0.6 is 0 Å². The van der Waals surface area contributed by atoms with E-state index in [1.54, 1.807) is 44.0 Å². The van der Waals surface area contributed by atoms with Crippen molar-refractivity contribution in [2.75, 3.05) is 34.3 Å². The van der Waals surface area contributed by atoms with Crippen LogP contribution in [0, 0.1) is 11.8 Å². The summed E-state index contributed by atoms with van der Waals surface area (Å²) in [5.41, 5.74) is 6.39. The van der Waals surface area contributed by atoms with Gasteiger partial charge in [-0.15, -0.1) is 0 Å². The third-order valence-corrected chi connectivity index (χ3v) is 15.7. The van der Waals surface area contributed by atoms with Gasteiger partial charge >= 0.3 is 0 Å². The van der Waals surface area contributed by atoms with Gasteiger partial charge in [0.05, 0.1) is 42.6 Å². The van der Waals surface area contributed by atoms with E-state index < -0.39 is 20.0 Å². The molecule has 0 radical (unpaired) electrons. The molecule has 0 amide bonds. The summed E-state index contributed by atoms with van der Waals surface area (Å²) in [5.74, 6) is 3.50. The van der Waals surface area contributed by atoms with Gasteiger partial charge in [0.1, 0.15) is 16.4 Å². The quantitative estimate of drug-likeness (QED) is 0.0708. The number of imidazole rings is 1. The minimum Gasteiger partial charge on any atom is -0.497 e. The van der Waals surface area contributed by atoms with E-state index in [0.29, 0.717) is 57.0 Å². The Morgan fingerprint density at radius 2 is 1.03 bits per heavy atom. The molecule has 0 atom stereocenters. The van der Waals surface area contributed by atoms with E-state index in [2.05, 4.69) is 52.1 Å². The van der Waals surface area contributed by atoms with E-state index in [1.807, 2.05) is 60.7 Å². The molecular formula is C53H59N11O6S2. The zero-order valence-electron chi connectivity index (χ0n) is 40.6. The molecule has 17 nitrogen and oxygen atoms in total. The molecule has 4 heterocycles. The third-order valence-electron chi connectivity index (χ3n) is 13.1. The van der Waals surface area contributed by atoms with Crippen molar-refractivity contribution in [2.45, 2.75) is 87.0 Å². The molecule has 2 aliphatic rings. The van der Waals surface area contributed by atoms with Crippen molar-refractivity contribution < 1.29 is 26.3 Å². The molecular weight excluding hydrogens is 951 g/mol. The predicted octanol–water partition coefficient (Wildman–Crippen LogP) is 10.7. The number of rotatable bonds is 16. The van der Waals surface area contributed by atoms with Gasteiger partial charge in [0.2, 0.25) is 0 Å². The van der Waals surface area contributed by atoms with E-state index in [1.165, 1.54) is 95.2 Å². The molecule has 4 N–H and O–H groups in total. The van der Waals surface area contributed by atoms with Crippen LogP contribution in [-0.4, -0.2) is 65.5 Å². The zero-order chi connectivity index (χ0) is 50.1. The van der Waals surface area contributed by atoms with Crippen LogP contribution in [0.5, 0.6) is 11.5 Å². The monoisotopic (exact) mass is 1010 g/mol. The van der Waals surface area contributed by atoms with E-state index in [9.17, 15) is 16.8 Å². The summed E-state index contributed by atoms with van der Waals surface area (Å²) in [6.45, 7) is 0. The Kier molecular flexibility index (Phi) is 15.4. The summed E-state index contributed by atoms with van der Waals surface area (Å²) in [6.07, 6.45) is 20.1. The molecule has 2 aliphatic carbocycles. The topological polar surface area (TPSA) is 217 Å². The Bertz CT molecular complexity index is 3380. The number of hydrogen-bond donors (Lipinski definition) is 4. The minimum absolute atomic E-state index is 0.0466. The van der Waals surface area contributed by atoms with Crippen LogP contribution in [0.25, 0.3) is 22.1 Å². The van der Waals surface area contributed by atoms with Crippen LogP contribution in [-0.2, 0) is 39.9 Å². The van der Waals surface area contributed by atoms with Gasteiger partial charge in [-0.3, -0.25) is 14.4 Å². The number of fused-ring (bicyclic) bond motifs is 2. The lowest BCUT2D eigenvalue weighted by Gasteiger charge is -2.23. The highest BCUT2D eigenvalue weighted by Crippen LogP contribution is 2.37. The number of methoxy groups -OCH3 is 2. The highest BCUT2D eigenvalue weighted by molar-refractivity contribution is 7.93. The van der Waals surface area contributed by atoms with E-state index in [4.69, 9.17) is 19.4 Å². The molecule has 19 heteroatoms. The first kappa shape index (κ1) is 49.6. The average molecular weight is 1010 g/mol. The fourth-order valence-corrected chi connectivity index (χ4v) is 11.3. The molecule has 8 aromatic rings. The van der Waals surface area contributed by atoms with Crippen LogP contribution in [0.3, 0.4) is 0 Å². The molecule has 2 fully saturated rings. The van der Waals surface area contributed by atoms with Crippen molar-refractivity contribution >= 4 is 76.8 Å². The standard InChI is InChI=1S/C27H29N5O3S.C26H30N6O3S/c1-35-21-14-13-20(16-19-8-3-2-4-9-19)25(17-21)31-26-27(30-24-12-6-5-11-23(24)29-26)32-36(33,34)22-10-7-15-28-18-22;1-32-16-24(27-17-32)36(33,34)31-26-25(28-21-10-6-7-11-22(21)29-26)30-23-15-20(35-2)13-12-19(23)14-18-8-4-3-5-9-18/h5-7,10-15,17-19H,2-4,8-9,16H2,1H3,(H,29,31)(H,30,32);6-7,10-13,15-18H,3-5,8-9,14H2,1-2H3,(H,28,30)(H,29,31). The van der Waals surface area contributed by atoms with E-state index in [-0.39, 0.29) is 21.6 Å². The van der Waals surface area contributed by atoms with Gasteiger partial charge < -0.3 is 24.7 Å². The van der Waals surface area contributed by atoms with Crippen LogP contribution in [0.1, 0.15) is 75.3 Å². The van der Waals surface area contributed by atoms with Crippen LogP contribution in [0.15, 0.2) is 132 Å². The number of aromatic nitrogens is 7. The van der Waals surface area contributed by atoms with Crippen molar-refractivity contribution in [3.05, 3.63) is 133 Å². The Labute approximate surface area is 420 Å². The maximum atomic E-state index is 13.1. The number of para-hydroxylation sites is 4. The molecule has 4 aromatic heterocycles. The maximum absolute atomic E-state index is 13.1. The second kappa shape index (κ2) is 22.4. The number of pyridine rings is 1. The maximum Gasteiger partial charge on any atom is 0.282 e. The van der Waals surface area contributed by atoms with Gasteiger partial charge in [-0.1, -0.05) is 101 Å². The number of ether oxygens (including phenoxy) is 2. The van der Waals surface area contributed by atoms with Crippen molar-refractivity contribution in [1.29, 1.82) is 0 Å². The number of benzene rings is 4. The zero-order valence-corrected chi connectivity index (χ0v) is 42.2. The smallest absolute Gasteiger partial charge is 0.282 e. The number of anilines is 6. The second-order valence-corrected chi connectivity index (χ2v) is 21.6. The Hall–Kier alpha value is -7.38. The lowest BCUT2D eigenvalue weighted by atomic mass is 9.84. The lowest BCUT2D eigenvalue weighted by Crippen LogP contribution is -2.17. The Morgan fingerprint density at radius 3 is 1.44 bits per heavy atom. The fraction of sp³-hybridized carbons (Fsp3) is 0.321. The Morgan fingerprint density at radius 1 is 0.569 bits per heavy atom. The average Bonchev–Trinajstić information content (AvgIpc) is 3.86. The van der Waals surface area contributed by atoms with Gasteiger partial charge in [-0.05, 0) is 84.3 Å². The molecule has 0 bridgehead atoms. The van der Waals surface area contributed by atoms with E-state index >= 15 is 0 Å². The largest absolute Gasteiger partial charge is 0.497 e. The molecule has 4 aromatic carbocycles. The highest BCUT2D eigenvalue weighted by atomic mass is 32.2. The number of hydrogen-bond acceptors (Lipinski definition) is 14. The van der Waals surface area contributed by atoms with Crippen molar-refractivity contribution in [2.24, 2.45) is 18.9 Å². The van der Waals surface area contributed by atoms with Crippen molar-refractivity contribution in [3.63, 3.8) is 0 Å². The minimum atomic E-state index is -3.97. The summed E-state index contributed by atoms with van der Waals surface area (Å²) in [5, 5.41) is 6.65. The number of aryl methyl sites for hydroxylation is 1. The second-order valence-electron chi connectivity index (χ2n) is 18.3. The molecule has 374 valence electrons. The van der Waals surface area contributed by atoms with Crippen LogP contribution in [0.2, 0.25) is 0 Å². The number of nitrogens with zero attached hydrogens (tertiary/aromatic N) is 7. The normalized spacial score (nSPS) is 14.5. The third kappa shape index (κ3) is 12.2. The molecule has 0 saturated heterocycles. The summed E-state index contributed by atoms with van der Waals surface area (Å²) >= 11 is 0. The van der Waals surface area contributed by atoms with E-state index in [0.717, 1.165) is 35.3 Å². The fourth-order valence-electron chi connectivity index (χ4n) is 9.33. The van der Waals surface area contributed by atoms with Gasteiger partial charge in [0.15, 0.2) is 28.3 Å². The first-order valence-electron chi connectivity index (χ1n) is 24.3. The molecule has 0 spiro atoms. The first-order chi connectivity index (χ1) is 34.9. The van der Waals surface area contributed by atoms with Crippen molar-refractivity contribution in [1.82, 2.24) is 34.5 Å². The van der Waals surface area contributed by atoms with Crippen LogP contribution in [0.4, 0.5) is 34.6 Å². The first-order valence-corrected chi connectivity index (χ1v) is 27.2. The van der Waals surface area contributed by atoms with Gasteiger partial charge in [-0.25, -0.2) is 33.3 Å². The summed E-state index contributed by atoms with van der Waals surface area (Å²) < 4.78 is 70.1. The van der Waals surface area contributed by atoms with Gasteiger partial charge in [0, 0.05) is 49.1 Å². The van der Waals surface area contributed by atoms with Gasteiger partial charge in [0.25, 0.3) is 20.0 Å². The Balaban J connectivity index is 0.000000178. The molecule has 10 rings (SSSR count). The van der Waals surface area contributed by atoms with Gasteiger partial charge in [-0.2, -0.15) is 8.42 Å². The molecule has 0 unspecified atom stereocenters. The molecule has 0 aliphatic heterocycles. The van der Waals surface area contributed by atoms with Crippen molar-refractivity contribution in [3.8, 4) is 11.5 Å². The number of sulfonamides is 2. The summed E-state index contributed by atoms with van der Waals surface area (Å²) in [7, 11) is -2.92. The summed E-state index contributed by atoms with van der Waals surface area (Å²) in [4.78, 5) is 26.6. The molecule has 72 heavy (non-hydrogen) atoms. The lowest BCUT2D eigenvalue weighted by molar-refractivity contribution is 0.356. The molecule has 2 saturated carbocycles. The predicted molar refractivity (Wildman–Crippen MR) is 281 cm³/mol. The highest BCUT2D eigenvalue weighted by Gasteiger charge is 2.24. The van der Waals surface area contributed by atoms with Crippen LogP contribution < -0.4 is 29.6 Å². The number of nitrogens with one attached hydrogen (secondary N) is 4. The summed E-state index contributed by atoms with van der Waals surface area (Å²) in [6, 6.07) is 29.7. The SMILES string of the molecule is COc1ccc(CC2CCCCC2)c(Nc2nc3ccccc3nc2NS(=O)(=O)c2cccnc2)c1.COc1ccc(CC2CCCCC2)c(Nc2nc3ccccc3nc2NS(=O)(=O)c2cn(C)cn2)c1.